The largest absolute Gasteiger partial charge is 0.480 e. The van der Waals surface area contributed by atoms with E-state index < -0.39 is 22.5 Å². The number of benzene rings is 1. The molecule has 0 bridgehead atoms. The first kappa shape index (κ1) is 12.4. The number of hydrogen-bond donors (Lipinski definition) is 1. The van der Waals surface area contributed by atoms with E-state index in [4.69, 9.17) is 5.11 Å². The molecule has 15 heavy (non-hydrogen) atoms. The fourth-order valence-electron chi connectivity index (χ4n) is 0.898. The second-order valence-corrected chi connectivity index (χ2v) is 6.34. The van der Waals surface area contributed by atoms with Crippen molar-refractivity contribution < 1.29 is 18.3 Å². The molecule has 0 atom stereocenters. The smallest absolute Gasteiger partial charge is 0.319 e. The second-order valence-electron chi connectivity index (χ2n) is 2.66. The maximum Gasteiger partial charge on any atom is 0.319 e. The minimum Gasteiger partial charge on any atom is -0.480 e. The minimum absolute atomic E-state index is 0.0839. The molecule has 0 unspecified atom stereocenters. The van der Waals surface area contributed by atoms with E-state index in [9.17, 15) is 13.2 Å². The number of halogens is 1. The standard InChI is InChI=1S/C8H8INO4S/c9-10(6-8(11)12)15(13,14)7-4-2-1-3-5-7/h1-5H,6H2,(H,11,12). The summed E-state index contributed by atoms with van der Waals surface area (Å²) in [5.41, 5.74) is 0. The molecular formula is C8H8INO4S. The van der Waals surface area contributed by atoms with Gasteiger partial charge in [0, 0.05) is 22.9 Å². The van der Waals surface area contributed by atoms with Crippen LogP contribution in [0.3, 0.4) is 0 Å². The minimum atomic E-state index is -3.69. The van der Waals surface area contributed by atoms with Crippen LogP contribution in [-0.4, -0.2) is 28.6 Å². The van der Waals surface area contributed by atoms with Gasteiger partial charge in [0.2, 0.25) is 0 Å². The van der Waals surface area contributed by atoms with Crippen LogP contribution in [0.4, 0.5) is 0 Å². The van der Waals surface area contributed by atoms with E-state index in [1.54, 1.807) is 18.2 Å². The molecule has 0 aromatic heterocycles. The molecule has 82 valence electrons. The topological polar surface area (TPSA) is 74.7 Å². The molecule has 0 amide bonds. The van der Waals surface area contributed by atoms with Crippen molar-refractivity contribution in [1.29, 1.82) is 0 Å². The summed E-state index contributed by atoms with van der Waals surface area (Å²) in [5, 5.41) is 8.48. The Labute approximate surface area is 101 Å². The highest BCUT2D eigenvalue weighted by Gasteiger charge is 2.23. The summed E-state index contributed by atoms with van der Waals surface area (Å²) in [7, 11) is -3.69. The Kier molecular flexibility index (Phi) is 4.05. The van der Waals surface area contributed by atoms with Crippen molar-refractivity contribution in [2.75, 3.05) is 6.54 Å². The Morgan fingerprint density at radius 2 is 1.87 bits per heavy atom. The monoisotopic (exact) mass is 341 g/mol. The van der Waals surface area contributed by atoms with Crippen LogP contribution >= 0.6 is 22.9 Å². The molecule has 0 saturated heterocycles. The summed E-state index contributed by atoms with van der Waals surface area (Å²) in [6.45, 7) is -0.558. The van der Waals surface area contributed by atoms with Crippen molar-refractivity contribution >= 4 is 38.9 Å². The highest BCUT2D eigenvalue weighted by atomic mass is 127. The number of sulfonamides is 1. The molecule has 0 aliphatic heterocycles. The fraction of sp³-hybridized carbons (Fsp3) is 0.125. The number of rotatable bonds is 4. The van der Waals surface area contributed by atoms with Gasteiger partial charge < -0.3 is 5.11 Å². The number of hydrogen-bond acceptors (Lipinski definition) is 3. The van der Waals surface area contributed by atoms with E-state index in [-0.39, 0.29) is 4.90 Å². The van der Waals surface area contributed by atoms with Crippen LogP contribution < -0.4 is 0 Å². The van der Waals surface area contributed by atoms with Crippen molar-refractivity contribution in [2.24, 2.45) is 0 Å². The van der Waals surface area contributed by atoms with Crippen LogP contribution in [0.1, 0.15) is 0 Å². The maximum absolute atomic E-state index is 11.7. The van der Waals surface area contributed by atoms with Gasteiger partial charge in [-0.3, -0.25) is 4.79 Å². The molecule has 1 aromatic carbocycles. The predicted molar refractivity (Wildman–Crippen MR) is 62.0 cm³/mol. The highest BCUT2D eigenvalue weighted by Crippen LogP contribution is 2.18. The Morgan fingerprint density at radius 1 is 1.33 bits per heavy atom. The van der Waals surface area contributed by atoms with Crippen molar-refractivity contribution in [3.05, 3.63) is 30.3 Å². The summed E-state index contributed by atoms with van der Waals surface area (Å²) in [6, 6.07) is 7.69. The first-order chi connectivity index (χ1) is 6.94. The first-order valence-electron chi connectivity index (χ1n) is 3.90. The molecule has 0 spiro atoms. The number of aliphatic carboxylic acids is 1. The van der Waals surface area contributed by atoms with Gasteiger partial charge in [-0.25, -0.2) is 8.42 Å². The van der Waals surface area contributed by atoms with E-state index in [1.165, 1.54) is 35.0 Å². The van der Waals surface area contributed by atoms with E-state index in [1.807, 2.05) is 0 Å². The van der Waals surface area contributed by atoms with Gasteiger partial charge in [-0.1, -0.05) is 18.2 Å². The first-order valence-corrected chi connectivity index (χ1v) is 6.30. The highest BCUT2D eigenvalue weighted by molar-refractivity contribution is 14.1. The van der Waals surface area contributed by atoms with Gasteiger partial charge in [-0.15, -0.1) is 2.52 Å². The SMILES string of the molecule is O=C(O)CN(I)S(=O)(=O)c1ccccc1. The van der Waals surface area contributed by atoms with Gasteiger partial charge in [-0.05, 0) is 12.1 Å². The van der Waals surface area contributed by atoms with Gasteiger partial charge in [0.05, 0.1) is 4.90 Å². The van der Waals surface area contributed by atoms with E-state index in [2.05, 4.69) is 0 Å². The third-order valence-electron chi connectivity index (χ3n) is 1.56. The lowest BCUT2D eigenvalue weighted by atomic mass is 10.4. The summed E-state index contributed by atoms with van der Waals surface area (Å²) in [6.07, 6.45) is 0. The van der Waals surface area contributed by atoms with Crippen LogP contribution in [0.5, 0.6) is 0 Å². The quantitative estimate of drug-likeness (QED) is 0.658. The zero-order chi connectivity index (χ0) is 11.5. The average molecular weight is 341 g/mol. The number of nitrogens with zero attached hydrogens (tertiary/aromatic N) is 1. The molecule has 7 heteroatoms. The zero-order valence-corrected chi connectivity index (χ0v) is 10.5. The summed E-state index contributed by atoms with van der Waals surface area (Å²) in [5.74, 6) is -1.19. The van der Waals surface area contributed by atoms with Crippen molar-refractivity contribution in [1.82, 2.24) is 2.52 Å². The van der Waals surface area contributed by atoms with Crippen LogP contribution in [-0.2, 0) is 14.8 Å². The van der Waals surface area contributed by atoms with Crippen molar-refractivity contribution in [2.45, 2.75) is 4.90 Å². The molecule has 0 saturated carbocycles. The Bertz CT molecular complexity index is 445. The average Bonchev–Trinajstić information content (AvgIpc) is 2.18. The van der Waals surface area contributed by atoms with Gasteiger partial charge in [0.25, 0.3) is 10.0 Å². The lowest BCUT2D eigenvalue weighted by molar-refractivity contribution is -0.136. The molecule has 0 aliphatic carbocycles. The second kappa shape index (κ2) is 4.90. The number of carbonyl (C=O) groups is 1. The van der Waals surface area contributed by atoms with Gasteiger partial charge >= 0.3 is 5.97 Å². The Balaban J connectivity index is 2.99. The number of carboxylic acid groups (broad SMARTS) is 1. The van der Waals surface area contributed by atoms with Crippen LogP contribution in [0.25, 0.3) is 0 Å². The summed E-state index contributed by atoms with van der Waals surface area (Å²) >= 11 is 1.47. The molecule has 5 nitrogen and oxygen atoms in total. The predicted octanol–water partition coefficient (Wildman–Crippen LogP) is 1.11. The van der Waals surface area contributed by atoms with Gasteiger partial charge in [-0.2, -0.15) is 0 Å². The molecule has 1 N–H and O–H groups in total. The Hall–Kier alpha value is -0.670. The fourth-order valence-corrected chi connectivity index (χ4v) is 2.88. The van der Waals surface area contributed by atoms with Gasteiger partial charge in [0.1, 0.15) is 6.54 Å². The van der Waals surface area contributed by atoms with Crippen molar-refractivity contribution in [3.8, 4) is 0 Å². The normalized spacial score (nSPS) is 11.6. The Morgan fingerprint density at radius 3 is 2.33 bits per heavy atom. The van der Waals surface area contributed by atoms with E-state index >= 15 is 0 Å². The molecule has 0 heterocycles. The molecule has 0 radical (unpaired) electrons. The zero-order valence-electron chi connectivity index (χ0n) is 7.50. The maximum atomic E-state index is 11.7. The number of carboxylic acids is 1. The summed E-state index contributed by atoms with van der Waals surface area (Å²) in [4.78, 5) is 10.5. The summed E-state index contributed by atoms with van der Waals surface area (Å²) < 4.78 is 24.2. The van der Waals surface area contributed by atoms with Gasteiger partial charge in [0.15, 0.2) is 0 Å². The third kappa shape index (κ3) is 3.14. The molecular weight excluding hydrogens is 333 g/mol. The molecule has 1 aromatic rings. The van der Waals surface area contributed by atoms with E-state index in [0.29, 0.717) is 0 Å². The third-order valence-corrected chi connectivity index (χ3v) is 4.98. The van der Waals surface area contributed by atoms with Crippen LogP contribution in [0, 0.1) is 0 Å². The van der Waals surface area contributed by atoms with Crippen LogP contribution in [0.2, 0.25) is 0 Å². The van der Waals surface area contributed by atoms with Crippen molar-refractivity contribution in [3.63, 3.8) is 0 Å². The molecule has 0 aliphatic rings. The lowest BCUT2D eigenvalue weighted by Crippen LogP contribution is -2.27. The molecule has 1 rings (SSSR count). The van der Waals surface area contributed by atoms with Crippen LogP contribution in [0.15, 0.2) is 35.2 Å². The lowest BCUT2D eigenvalue weighted by Gasteiger charge is -2.12. The molecule has 0 fully saturated rings. The van der Waals surface area contributed by atoms with E-state index in [0.717, 1.165) is 2.52 Å².